The molecule has 6 nitrogen and oxygen atoms in total. The average molecular weight is 259 g/mol. The lowest BCUT2D eigenvalue weighted by Gasteiger charge is -2.21. The first-order valence-corrected chi connectivity index (χ1v) is 6.39. The maximum atomic E-state index is 10.6. The van der Waals surface area contributed by atoms with Gasteiger partial charge in [-0.05, 0) is 25.0 Å². The van der Waals surface area contributed by atoms with Crippen molar-refractivity contribution in [2.24, 2.45) is 0 Å². The lowest BCUT2D eigenvalue weighted by molar-refractivity contribution is 0.0407. The minimum absolute atomic E-state index is 0.565. The van der Waals surface area contributed by atoms with E-state index in [0.29, 0.717) is 18.7 Å². The van der Waals surface area contributed by atoms with Crippen LogP contribution in [0.5, 0.6) is 0 Å². The van der Waals surface area contributed by atoms with Crippen LogP contribution in [0.2, 0.25) is 0 Å². The van der Waals surface area contributed by atoms with E-state index >= 15 is 0 Å². The molecule has 0 bridgehead atoms. The number of nitrogens with one attached hydrogen (secondary N) is 1. The van der Waals surface area contributed by atoms with E-state index in [9.17, 15) is 5.11 Å². The van der Waals surface area contributed by atoms with Gasteiger partial charge in [-0.3, -0.25) is 9.88 Å². The van der Waals surface area contributed by atoms with E-state index in [1.807, 2.05) is 12.3 Å². The van der Waals surface area contributed by atoms with Gasteiger partial charge in [0.15, 0.2) is 0 Å². The Bertz CT molecular complexity index is 556. The Kier molecular flexibility index (Phi) is 3.04. The molecular weight excluding hydrogens is 242 g/mol. The highest BCUT2D eigenvalue weighted by Gasteiger charge is 2.39. The zero-order valence-electron chi connectivity index (χ0n) is 10.9. The van der Waals surface area contributed by atoms with E-state index in [1.165, 1.54) is 5.56 Å². The summed E-state index contributed by atoms with van der Waals surface area (Å²) in [6, 6.07) is 4.00. The third-order valence-electron chi connectivity index (χ3n) is 3.71. The Hall–Kier alpha value is -1.79. The van der Waals surface area contributed by atoms with Crippen molar-refractivity contribution in [3.8, 4) is 0 Å². The molecule has 1 aliphatic rings. The van der Waals surface area contributed by atoms with E-state index in [1.54, 1.807) is 6.20 Å². The number of aromatic nitrogens is 4. The zero-order valence-corrected chi connectivity index (χ0v) is 10.9. The molecule has 1 fully saturated rings. The van der Waals surface area contributed by atoms with Gasteiger partial charge in [0.2, 0.25) is 0 Å². The highest BCUT2D eigenvalue weighted by molar-refractivity contribution is 5.18. The molecule has 100 valence electrons. The standard InChI is InChI=1S/C13H17N5O/c1-10-3-2-5-14-11(10)8-18-6-4-13(19,9-18)12-7-15-17-16-12/h2-3,5,7,19H,4,6,8-9H2,1H3,(H,15,16,17). The minimum Gasteiger partial charge on any atom is -0.382 e. The Morgan fingerprint density at radius 1 is 1.53 bits per heavy atom. The molecule has 3 heterocycles. The molecule has 0 aliphatic carbocycles. The maximum Gasteiger partial charge on any atom is 0.124 e. The van der Waals surface area contributed by atoms with E-state index in [-0.39, 0.29) is 0 Å². The minimum atomic E-state index is -0.893. The van der Waals surface area contributed by atoms with Crippen LogP contribution in [-0.4, -0.2) is 43.5 Å². The summed E-state index contributed by atoms with van der Waals surface area (Å²) in [5.74, 6) is 0. The van der Waals surface area contributed by atoms with E-state index in [0.717, 1.165) is 18.8 Å². The van der Waals surface area contributed by atoms with E-state index < -0.39 is 5.60 Å². The average Bonchev–Trinajstić information content (AvgIpc) is 3.03. The van der Waals surface area contributed by atoms with Crippen LogP contribution in [0.3, 0.4) is 0 Å². The number of rotatable bonds is 3. The van der Waals surface area contributed by atoms with Crippen LogP contribution >= 0.6 is 0 Å². The normalized spacial score (nSPS) is 23.9. The molecular formula is C13H17N5O. The summed E-state index contributed by atoms with van der Waals surface area (Å²) in [6.07, 6.45) is 4.07. The number of pyridine rings is 1. The topological polar surface area (TPSA) is 77.9 Å². The van der Waals surface area contributed by atoms with Gasteiger partial charge in [-0.15, -0.1) is 0 Å². The Morgan fingerprint density at radius 3 is 3.16 bits per heavy atom. The fraction of sp³-hybridized carbons (Fsp3) is 0.462. The van der Waals surface area contributed by atoms with Gasteiger partial charge in [0.1, 0.15) is 11.3 Å². The van der Waals surface area contributed by atoms with Crippen LogP contribution in [-0.2, 0) is 12.1 Å². The Balaban J connectivity index is 1.71. The molecule has 1 atom stereocenters. The number of β-amino-alcohol motifs (C(OH)–C–C–N with tert-alkyl or cyclic N) is 1. The Morgan fingerprint density at radius 2 is 2.42 bits per heavy atom. The molecule has 0 saturated carbocycles. The third-order valence-corrected chi connectivity index (χ3v) is 3.71. The smallest absolute Gasteiger partial charge is 0.124 e. The first-order valence-electron chi connectivity index (χ1n) is 6.39. The number of hydrogen-bond acceptors (Lipinski definition) is 5. The van der Waals surface area contributed by atoms with Crippen molar-refractivity contribution < 1.29 is 5.11 Å². The number of H-pyrrole nitrogens is 1. The van der Waals surface area contributed by atoms with Gasteiger partial charge in [0, 0.05) is 25.8 Å². The lowest BCUT2D eigenvalue weighted by Crippen LogP contribution is -2.31. The Labute approximate surface area is 111 Å². The summed E-state index contributed by atoms with van der Waals surface area (Å²) < 4.78 is 0. The van der Waals surface area contributed by atoms with Crippen molar-refractivity contribution in [2.75, 3.05) is 13.1 Å². The first kappa shape index (κ1) is 12.3. The second-order valence-electron chi connectivity index (χ2n) is 5.11. The van der Waals surface area contributed by atoms with Gasteiger partial charge in [-0.2, -0.15) is 15.4 Å². The first-order chi connectivity index (χ1) is 9.17. The lowest BCUT2D eigenvalue weighted by atomic mass is 10.00. The van der Waals surface area contributed by atoms with Crippen molar-refractivity contribution in [3.05, 3.63) is 41.5 Å². The number of aliphatic hydroxyl groups is 1. The fourth-order valence-electron chi connectivity index (χ4n) is 2.54. The maximum absolute atomic E-state index is 10.6. The summed E-state index contributed by atoms with van der Waals surface area (Å²) in [5, 5.41) is 20.9. The van der Waals surface area contributed by atoms with E-state index in [4.69, 9.17) is 0 Å². The van der Waals surface area contributed by atoms with Gasteiger partial charge in [-0.25, -0.2) is 0 Å². The predicted octanol–water partition coefficient (Wildman–Crippen LogP) is 0.602. The van der Waals surface area contributed by atoms with Crippen LogP contribution in [0.1, 0.15) is 23.4 Å². The van der Waals surface area contributed by atoms with Gasteiger partial charge in [0.25, 0.3) is 0 Å². The van der Waals surface area contributed by atoms with Gasteiger partial charge in [0.05, 0.1) is 11.9 Å². The molecule has 2 aromatic rings. The van der Waals surface area contributed by atoms with E-state index in [2.05, 4.69) is 38.3 Å². The summed E-state index contributed by atoms with van der Waals surface area (Å²) in [4.78, 5) is 6.59. The number of aryl methyl sites for hydroxylation is 1. The summed E-state index contributed by atoms with van der Waals surface area (Å²) in [7, 11) is 0. The number of likely N-dealkylation sites (tertiary alicyclic amines) is 1. The number of aromatic amines is 1. The highest BCUT2D eigenvalue weighted by atomic mass is 16.3. The molecule has 0 aromatic carbocycles. The molecule has 19 heavy (non-hydrogen) atoms. The monoisotopic (exact) mass is 259 g/mol. The fourth-order valence-corrected chi connectivity index (χ4v) is 2.54. The predicted molar refractivity (Wildman–Crippen MR) is 69.1 cm³/mol. The van der Waals surface area contributed by atoms with Crippen molar-refractivity contribution in [2.45, 2.75) is 25.5 Å². The molecule has 1 unspecified atom stereocenters. The zero-order chi connectivity index (χ0) is 13.3. The van der Waals surface area contributed by atoms with Gasteiger partial charge >= 0.3 is 0 Å². The summed E-state index contributed by atoms with van der Waals surface area (Å²) >= 11 is 0. The van der Waals surface area contributed by atoms with Gasteiger partial charge in [-0.1, -0.05) is 6.07 Å². The van der Waals surface area contributed by atoms with Crippen LogP contribution in [0.15, 0.2) is 24.5 Å². The molecule has 0 amide bonds. The molecule has 3 rings (SSSR count). The second kappa shape index (κ2) is 4.71. The molecule has 2 aromatic heterocycles. The van der Waals surface area contributed by atoms with Crippen LogP contribution in [0.4, 0.5) is 0 Å². The van der Waals surface area contributed by atoms with Crippen LogP contribution in [0.25, 0.3) is 0 Å². The molecule has 1 saturated heterocycles. The van der Waals surface area contributed by atoms with Crippen LogP contribution < -0.4 is 0 Å². The molecule has 0 spiro atoms. The molecule has 2 N–H and O–H groups in total. The SMILES string of the molecule is Cc1cccnc1CN1CCC(O)(c2cn[nH]n2)C1. The quantitative estimate of drug-likeness (QED) is 0.844. The van der Waals surface area contributed by atoms with Crippen molar-refractivity contribution in [3.63, 3.8) is 0 Å². The number of nitrogens with zero attached hydrogens (tertiary/aromatic N) is 4. The highest BCUT2D eigenvalue weighted by Crippen LogP contribution is 2.30. The van der Waals surface area contributed by atoms with Crippen molar-refractivity contribution >= 4 is 0 Å². The summed E-state index contributed by atoms with van der Waals surface area (Å²) in [5.41, 5.74) is 1.97. The molecule has 1 aliphatic heterocycles. The van der Waals surface area contributed by atoms with Crippen LogP contribution in [0, 0.1) is 6.92 Å². The summed E-state index contributed by atoms with van der Waals surface area (Å²) in [6.45, 7) is 4.21. The largest absolute Gasteiger partial charge is 0.382 e. The molecule has 0 radical (unpaired) electrons. The van der Waals surface area contributed by atoms with Gasteiger partial charge < -0.3 is 5.11 Å². The molecule has 6 heteroatoms. The number of hydrogen-bond donors (Lipinski definition) is 2. The van der Waals surface area contributed by atoms with Crippen molar-refractivity contribution in [1.82, 2.24) is 25.3 Å². The second-order valence-corrected chi connectivity index (χ2v) is 5.11. The third kappa shape index (κ3) is 2.36. The van der Waals surface area contributed by atoms with Crippen molar-refractivity contribution in [1.29, 1.82) is 0 Å².